The summed E-state index contributed by atoms with van der Waals surface area (Å²) in [5.41, 5.74) is 0. The molecule has 3 aliphatic rings. The topological polar surface area (TPSA) is 32.8 Å². The third-order valence-electron chi connectivity index (χ3n) is 5.19. The zero-order valence-electron chi connectivity index (χ0n) is 12.6. The predicted octanol–water partition coefficient (Wildman–Crippen LogP) is 1.89. The first-order valence-corrected chi connectivity index (χ1v) is 8.45. The Morgan fingerprint density at radius 3 is 2.45 bits per heavy atom. The number of likely N-dealkylation sites (tertiary alicyclic amines) is 1. The maximum absolute atomic E-state index is 12.7. The summed E-state index contributed by atoms with van der Waals surface area (Å²) in [6, 6.07) is 0.448. The van der Waals surface area contributed by atoms with E-state index >= 15 is 0 Å². The van der Waals surface area contributed by atoms with E-state index in [1.54, 1.807) is 0 Å². The smallest absolute Gasteiger partial charge is 0.225 e. The van der Waals surface area contributed by atoms with E-state index in [2.05, 4.69) is 9.80 Å². The molecule has 4 nitrogen and oxygen atoms in total. The maximum Gasteiger partial charge on any atom is 0.225 e. The number of carbonyl (C=O) groups excluding carboxylic acids is 1. The van der Waals surface area contributed by atoms with Gasteiger partial charge in [-0.2, -0.15) is 0 Å². The molecule has 0 aromatic rings. The lowest BCUT2D eigenvalue weighted by molar-refractivity contribution is -0.141. The molecular weight excluding hydrogens is 252 g/mol. The fraction of sp³-hybridized carbons (Fsp3) is 0.938. The number of hydrogen-bond donors (Lipinski definition) is 0. The highest BCUT2D eigenvalue weighted by atomic mass is 16.5. The minimum absolute atomic E-state index is 0.347. The van der Waals surface area contributed by atoms with Gasteiger partial charge in [0, 0.05) is 38.1 Å². The Morgan fingerprint density at radius 1 is 0.950 bits per heavy atom. The second kappa shape index (κ2) is 6.90. The van der Waals surface area contributed by atoms with Crippen molar-refractivity contribution in [2.45, 2.75) is 51.0 Å². The van der Waals surface area contributed by atoms with Crippen LogP contribution in [0.15, 0.2) is 0 Å². The molecule has 1 saturated carbocycles. The highest BCUT2D eigenvalue weighted by molar-refractivity contribution is 5.80. The van der Waals surface area contributed by atoms with Crippen molar-refractivity contribution in [2.75, 3.05) is 39.4 Å². The molecule has 0 N–H and O–H groups in total. The summed E-state index contributed by atoms with van der Waals surface area (Å²) in [5.74, 6) is 0.802. The van der Waals surface area contributed by atoms with Crippen LogP contribution >= 0.6 is 0 Å². The van der Waals surface area contributed by atoms with E-state index in [4.69, 9.17) is 4.74 Å². The van der Waals surface area contributed by atoms with Crippen molar-refractivity contribution >= 4 is 5.91 Å². The summed E-state index contributed by atoms with van der Waals surface area (Å²) in [6.45, 7) is 5.81. The van der Waals surface area contributed by atoms with Crippen molar-refractivity contribution in [3.63, 3.8) is 0 Å². The molecule has 2 heterocycles. The molecule has 0 aromatic carbocycles. The molecule has 4 heteroatoms. The second-order valence-electron chi connectivity index (χ2n) is 6.58. The zero-order chi connectivity index (χ0) is 13.8. The molecule has 0 aromatic heterocycles. The predicted molar refractivity (Wildman–Crippen MR) is 78.6 cm³/mol. The summed E-state index contributed by atoms with van der Waals surface area (Å²) in [7, 11) is 0. The van der Waals surface area contributed by atoms with Gasteiger partial charge in [0.05, 0.1) is 13.2 Å². The lowest BCUT2D eigenvalue weighted by Crippen LogP contribution is -2.51. The van der Waals surface area contributed by atoms with Crippen LogP contribution in [0.3, 0.4) is 0 Å². The summed E-state index contributed by atoms with van der Waals surface area (Å²) in [5, 5.41) is 0. The Bertz CT molecular complexity index is 324. The molecular formula is C16H28N2O2. The number of ether oxygens (including phenoxy) is 1. The van der Waals surface area contributed by atoms with Crippen molar-refractivity contribution in [2.24, 2.45) is 5.92 Å². The zero-order valence-corrected chi connectivity index (χ0v) is 12.6. The molecule has 2 saturated heterocycles. The largest absolute Gasteiger partial charge is 0.379 e. The third kappa shape index (κ3) is 3.34. The lowest BCUT2D eigenvalue weighted by atomic mass is 9.84. The van der Waals surface area contributed by atoms with Gasteiger partial charge in [-0.3, -0.25) is 9.69 Å². The van der Waals surface area contributed by atoms with Crippen LogP contribution in [0.2, 0.25) is 0 Å². The van der Waals surface area contributed by atoms with Crippen molar-refractivity contribution in [3.05, 3.63) is 0 Å². The van der Waals surface area contributed by atoms with Gasteiger partial charge in [-0.1, -0.05) is 19.3 Å². The molecule has 1 aliphatic carbocycles. The van der Waals surface area contributed by atoms with Crippen molar-refractivity contribution in [1.82, 2.24) is 9.80 Å². The van der Waals surface area contributed by atoms with Gasteiger partial charge in [0.1, 0.15) is 0 Å². The SMILES string of the molecule is O=C(C1CCC1)N1CCCCCC1CN1CCOCC1. The van der Waals surface area contributed by atoms with Crippen LogP contribution in [0.4, 0.5) is 0 Å². The first-order chi connectivity index (χ1) is 9.84. The van der Waals surface area contributed by atoms with Crippen LogP contribution in [0.25, 0.3) is 0 Å². The van der Waals surface area contributed by atoms with Crippen LogP contribution < -0.4 is 0 Å². The molecule has 1 amide bonds. The molecule has 2 aliphatic heterocycles. The summed E-state index contributed by atoms with van der Waals surface area (Å²) < 4.78 is 5.43. The standard InChI is InChI=1S/C16H28N2O2/c19-16(14-5-4-6-14)18-8-3-1-2-7-15(18)13-17-9-11-20-12-10-17/h14-15H,1-13H2. The number of amides is 1. The Balaban J connectivity index is 1.61. The van der Waals surface area contributed by atoms with E-state index in [1.807, 2.05) is 0 Å². The first-order valence-electron chi connectivity index (χ1n) is 8.45. The average Bonchev–Trinajstić information content (AvgIpc) is 2.63. The molecule has 114 valence electrons. The quantitative estimate of drug-likeness (QED) is 0.791. The molecule has 3 fully saturated rings. The Labute approximate surface area is 122 Å². The first kappa shape index (κ1) is 14.3. The van der Waals surface area contributed by atoms with Gasteiger partial charge in [-0.25, -0.2) is 0 Å². The van der Waals surface area contributed by atoms with Gasteiger partial charge in [0.25, 0.3) is 0 Å². The van der Waals surface area contributed by atoms with E-state index in [0.29, 0.717) is 17.9 Å². The van der Waals surface area contributed by atoms with Gasteiger partial charge < -0.3 is 9.64 Å². The lowest BCUT2D eigenvalue weighted by Gasteiger charge is -2.39. The van der Waals surface area contributed by atoms with E-state index in [0.717, 1.165) is 52.2 Å². The summed E-state index contributed by atoms with van der Waals surface area (Å²) >= 11 is 0. The van der Waals surface area contributed by atoms with E-state index in [9.17, 15) is 4.79 Å². The van der Waals surface area contributed by atoms with Crippen molar-refractivity contribution in [1.29, 1.82) is 0 Å². The van der Waals surface area contributed by atoms with Crippen LogP contribution in [0.5, 0.6) is 0 Å². The molecule has 3 rings (SSSR count). The van der Waals surface area contributed by atoms with E-state index in [-0.39, 0.29) is 0 Å². The molecule has 0 spiro atoms. The van der Waals surface area contributed by atoms with Gasteiger partial charge in [-0.05, 0) is 25.7 Å². The van der Waals surface area contributed by atoms with Crippen molar-refractivity contribution in [3.8, 4) is 0 Å². The molecule has 1 atom stereocenters. The molecule has 1 unspecified atom stereocenters. The number of nitrogens with zero attached hydrogens (tertiary/aromatic N) is 2. The van der Waals surface area contributed by atoms with E-state index < -0.39 is 0 Å². The van der Waals surface area contributed by atoms with Gasteiger partial charge in [-0.15, -0.1) is 0 Å². The maximum atomic E-state index is 12.7. The third-order valence-corrected chi connectivity index (χ3v) is 5.19. The number of rotatable bonds is 3. The average molecular weight is 280 g/mol. The number of morpholine rings is 1. The highest BCUT2D eigenvalue weighted by Crippen LogP contribution is 2.30. The van der Waals surface area contributed by atoms with Crippen LogP contribution in [0.1, 0.15) is 44.9 Å². The number of carbonyl (C=O) groups is 1. The molecule has 20 heavy (non-hydrogen) atoms. The molecule has 0 bridgehead atoms. The minimum Gasteiger partial charge on any atom is -0.379 e. The number of hydrogen-bond acceptors (Lipinski definition) is 3. The van der Waals surface area contributed by atoms with Gasteiger partial charge in [0.2, 0.25) is 5.91 Å². The van der Waals surface area contributed by atoms with Gasteiger partial charge in [0.15, 0.2) is 0 Å². The fourth-order valence-corrected chi connectivity index (χ4v) is 3.63. The van der Waals surface area contributed by atoms with Crippen LogP contribution in [-0.4, -0.2) is 61.1 Å². The van der Waals surface area contributed by atoms with Crippen molar-refractivity contribution < 1.29 is 9.53 Å². The summed E-state index contributed by atoms with van der Waals surface area (Å²) in [6.07, 6.45) is 8.45. The monoisotopic (exact) mass is 280 g/mol. The Hall–Kier alpha value is -0.610. The Morgan fingerprint density at radius 2 is 1.75 bits per heavy atom. The minimum atomic E-state index is 0.347. The second-order valence-corrected chi connectivity index (χ2v) is 6.58. The Kier molecular flexibility index (Phi) is 4.94. The summed E-state index contributed by atoms with van der Waals surface area (Å²) in [4.78, 5) is 17.4. The van der Waals surface area contributed by atoms with Crippen LogP contribution in [-0.2, 0) is 9.53 Å². The fourth-order valence-electron chi connectivity index (χ4n) is 3.63. The van der Waals surface area contributed by atoms with Gasteiger partial charge >= 0.3 is 0 Å². The normalized spacial score (nSPS) is 29.8. The molecule has 0 radical (unpaired) electrons. The highest BCUT2D eigenvalue weighted by Gasteiger charge is 2.34. The van der Waals surface area contributed by atoms with Crippen LogP contribution in [0, 0.1) is 5.92 Å². The van der Waals surface area contributed by atoms with E-state index in [1.165, 1.54) is 32.1 Å².